The summed E-state index contributed by atoms with van der Waals surface area (Å²) in [6.45, 7) is 1.01. The largest absolute Gasteiger partial charge is 0.497 e. The van der Waals surface area contributed by atoms with Gasteiger partial charge in [-0.05, 0) is 43.2 Å². The first-order valence-electron chi connectivity index (χ1n) is 12.3. The van der Waals surface area contributed by atoms with Gasteiger partial charge in [0.1, 0.15) is 17.2 Å². The zero-order valence-corrected chi connectivity index (χ0v) is 21.0. The fraction of sp³-hybridized carbons (Fsp3) is 0.233. The molecule has 37 heavy (non-hydrogen) atoms. The molecule has 0 spiro atoms. The molecule has 0 bridgehead atoms. The lowest BCUT2D eigenvalue weighted by molar-refractivity contribution is 0.0651. The molecular formula is C30H29N3O4. The number of aromatic nitrogens is 2. The van der Waals surface area contributed by atoms with E-state index in [2.05, 4.69) is 0 Å². The Hall–Kier alpha value is -4.39. The molecule has 2 heterocycles. The van der Waals surface area contributed by atoms with Gasteiger partial charge in [-0.25, -0.2) is 4.68 Å². The van der Waals surface area contributed by atoms with Crippen LogP contribution in [0.1, 0.15) is 33.6 Å². The van der Waals surface area contributed by atoms with Crippen LogP contribution in [0.5, 0.6) is 11.5 Å². The summed E-state index contributed by atoms with van der Waals surface area (Å²) in [6, 6.07) is 24.5. The van der Waals surface area contributed by atoms with Crippen LogP contribution in [0.2, 0.25) is 0 Å². The Labute approximate surface area is 216 Å². The van der Waals surface area contributed by atoms with Gasteiger partial charge < -0.3 is 14.4 Å². The Balaban J connectivity index is 1.45. The van der Waals surface area contributed by atoms with Crippen LogP contribution in [0, 0.1) is 5.92 Å². The number of hydrogen-bond donors (Lipinski definition) is 0. The maximum Gasteiger partial charge on any atom is 0.257 e. The van der Waals surface area contributed by atoms with Crippen LogP contribution in [-0.4, -0.2) is 53.7 Å². The van der Waals surface area contributed by atoms with Crippen molar-refractivity contribution in [3.8, 4) is 28.4 Å². The number of carbonyl (C=O) groups is 2. The van der Waals surface area contributed by atoms with Crippen molar-refractivity contribution in [3.05, 3.63) is 96.2 Å². The van der Waals surface area contributed by atoms with Crippen molar-refractivity contribution in [2.45, 2.75) is 12.8 Å². The topological polar surface area (TPSA) is 73.7 Å². The number of likely N-dealkylation sites (tertiary alicyclic amines) is 1. The lowest BCUT2D eigenvalue weighted by Gasteiger charge is -2.31. The van der Waals surface area contributed by atoms with Crippen LogP contribution in [0.15, 0.2) is 85.1 Å². The van der Waals surface area contributed by atoms with E-state index >= 15 is 0 Å². The third-order valence-electron chi connectivity index (χ3n) is 6.84. The van der Waals surface area contributed by atoms with Crippen molar-refractivity contribution in [2.24, 2.45) is 5.92 Å². The van der Waals surface area contributed by atoms with Crippen LogP contribution in [0.25, 0.3) is 16.9 Å². The molecule has 5 rings (SSSR count). The van der Waals surface area contributed by atoms with Gasteiger partial charge in [0.25, 0.3) is 5.91 Å². The lowest BCUT2D eigenvalue weighted by Crippen LogP contribution is -2.40. The molecule has 0 radical (unpaired) electrons. The first-order chi connectivity index (χ1) is 18.1. The van der Waals surface area contributed by atoms with E-state index in [-0.39, 0.29) is 17.6 Å². The number of piperidine rings is 1. The van der Waals surface area contributed by atoms with Crippen LogP contribution >= 0.6 is 0 Å². The number of ether oxygens (including phenoxy) is 2. The molecule has 0 N–H and O–H groups in total. The third-order valence-corrected chi connectivity index (χ3v) is 6.84. The summed E-state index contributed by atoms with van der Waals surface area (Å²) in [5, 5.41) is 4.81. The van der Waals surface area contributed by atoms with Crippen molar-refractivity contribution >= 4 is 11.7 Å². The van der Waals surface area contributed by atoms with Gasteiger partial charge in [0, 0.05) is 36.3 Å². The van der Waals surface area contributed by atoms with Crippen LogP contribution in [0.3, 0.4) is 0 Å². The van der Waals surface area contributed by atoms with Gasteiger partial charge >= 0.3 is 0 Å². The van der Waals surface area contributed by atoms with Crippen LogP contribution in [0.4, 0.5) is 0 Å². The molecule has 1 saturated heterocycles. The highest BCUT2D eigenvalue weighted by atomic mass is 16.5. The maximum absolute atomic E-state index is 13.9. The number of Topliss-reactive ketones (excluding diaryl/α,β-unsaturated/α-hetero) is 1. The lowest BCUT2D eigenvalue weighted by atomic mass is 9.88. The summed E-state index contributed by atoms with van der Waals surface area (Å²) >= 11 is 0. The first-order valence-corrected chi connectivity index (χ1v) is 12.3. The number of ketones is 1. The van der Waals surface area contributed by atoms with E-state index in [1.54, 1.807) is 25.1 Å². The van der Waals surface area contributed by atoms with Gasteiger partial charge in [0.15, 0.2) is 5.78 Å². The Bertz CT molecular complexity index is 1390. The highest BCUT2D eigenvalue weighted by Crippen LogP contribution is 2.36. The number of benzene rings is 3. The second kappa shape index (κ2) is 10.7. The van der Waals surface area contributed by atoms with E-state index in [4.69, 9.17) is 14.6 Å². The van der Waals surface area contributed by atoms with E-state index in [0.29, 0.717) is 54.3 Å². The van der Waals surface area contributed by atoms with Crippen LogP contribution in [-0.2, 0) is 0 Å². The molecule has 0 unspecified atom stereocenters. The monoisotopic (exact) mass is 495 g/mol. The van der Waals surface area contributed by atoms with Crippen molar-refractivity contribution in [3.63, 3.8) is 0 Å². The molecule has 7 heteroatoms. The molecule has 0 atom stereocenters. The number of hydrogen-bond acceptors (Lipinski definition) is 5. The molecule has 1 amide bonds. The molecule has 3 aromatic carbocycles. The highest BCUT2D eigenvalue weighted by molar-refractivity contribution is 6.01. The van der Waals surface area contributed by atoms with Gasteiger partial charge in [-0.3, -0.25) is 9.59 Å². The van der Waals surface area contributed by atoms with E-state index in [1.807, 2.05) is 83.8 Å². The standard InChI is InChI=1S/C30H29N3O4/c1-36-24-13-14-27(37-2)25(19-24)28-26(20-33(31-28)23-11-7-4-8-12-23)30(35)32-17-15-22(16-18-32)29(34)21-9-5-3-6-10-21/h3-14,19-20,22H,15-18H2,1-2H3. The Morgan fingerprint density at radius 2 is 1.54 bits per heavy atom. The SMILES string of the molecule is COc1ccc(OC)c(-c2nn(-c3ccccc3)cc2C(=O)N2CCC(C(=O)c3ccccc3)CC2)c1. The fourth-order valence-corrected chi connectivity index (χ4v) is 4.79. The smallest absolute Gasteiger partial charge is 0.257 e. The number of methoxy groups -OCH3 is 2. The third kappa shape index (κ3) is 4.98. The van der Waals surface area contributed by atoms with Gasteiger partial charge in [-0.15, -0.1) is 0 Å². The van der Waals surface area contributed by atoms with Gasteiger partial charge in [0.05, 0.1) is 25.5 Å². The molecule has 4 aromatic rings. The van der Waals surface area contributed by atoms with Gasteiger partial charge in [0.2, 0.25) is 0 Å². The predicted octanol–water partition coefficient (Wildman–Crippen LogP) is 5.29. The van der Waals surface area contributed by atoms with Crippen molar-refractivity contribution in [1.82, 2.24) is 14.7 Å². The summed E-state index contributed by atoms with van der Waals surface area (Å²) in [4.78, 5) is 28.6. The van der Waals surface area contributed by atoms with Gasteiger partial charge in [-0.2, -0.15) is 5.10 Å². The summed E-state index contributed by atoms with van der Waals surface area (Å²) in [5.74, 6) is 1.18. The normalized spacial score (nSPS) is 13.8. The molecule has 1 aliphatic heterocycles. The van der Waals surface area contributed by atoms with Crippen molar-refractivity contribution in [1.29, 1.82) is 0 Å². The molecular weight excluding hydrogens is 466 g/mol. The number of para-hydroxylation sites is 1. The molecule has 188 valence electrons. The minimum Gasteiger partial charge on any atom is -0.497 e. The molecule has 1 aromatic heterocycles. The second-order valence-electron chi connectivity index (χ2n) is 9.03. The highest BCUT2D eigenvalue weighted by Gasteiger charge is 2.31. The summed E-state index contributed by atoms with van der Waals surface area (Å²) in [6.07, 6.45) is 3.03. The molecule has 0 saturated carbocycles. The molecule has 0 aliphatic carbocycles. The fourth-order valence-electron chi connectivity index (χ4n) is 4.79. The Morgan fingerprint density at radius 1 is 0.865 bits per heavy atom. The van der Waals surface area contributed by atoms with Crippen molar-refractivity contribution < 1.29 is 19.1 Å². The Kier molecular flexibility index (Phi) is 7.03. The molecule has 1 fully saturated rings. The summed E-state index contributed by atoms with van der Waals surface area (Å²) in [5.41, 5.74) is 3.24. The zero-order chi connectivity index (χ0) is 25.8. The molecule has 1 aliphatic rings. The number of nitrogens with zero attached hydrogens (tertiary/aromatic N) is 3. The van der Waals surface area contributed by atoms with E-state index in [1.165, 1.54) is 0 Å². The number of amides is 1. The maximum atomic E-state index is 13.9. The van der Waals surface area contributed by atoms with E-state index in [0.717, 1.165) is 11.3 Å². The first kappa shape index (κ1) is 24.3. The van der Waals surface area contributed by atoms with E-state index in [9.17, 15) is 9.59 Å². The predicted molar refractivity (Wildman–Crippen MR) is 142 cm³/mol. The number of carbonyl (C=O) groups excluding carboxylic acids is 2. The number of rotatable bonds is 7. The summed E-state index contributed by atoms with van der Waals surface area (Å²) < 4.78 is 12.8. The average Bonchev–Trinajstić information content (AvgIpc) is 3.42. The quantitative estimate of drug-likeness (QED) is 0.326. The van der Waals surface area contributed by atoms with Crippen molar-refractivity contribution in [2.75, 3.05) is 27.3 Å². The van der Waals surface area contributed by atoms with E-state index < -0.39 is 0 Å². The second-order valence-corrected chi connectivity index (χ2v) is 9.03. The minimum absolute atomic E-state index is 0.0866. The average molecular weight is 496 g/mol. The Morgan fingerprint density at radius 3 is 2.19 bits per heavy atom. The van der Waals surface area contributed by atoms with Gasteiger partial charge in [-0.1, -0.05) is 48.5 Å². The summed E-state index contributed by atoms with van der Waals surface area (Å²) in [7, 11) is 3.19. The molecule has 7 nitrogen and oxygen atoms in total. The zero-order valence-electron chi connectivity index (χ0n) is 21.0. The van der Waals surface area contributed by atoms with Crippen LogP contribution < -0.4 is 9.47 Å². The minimum atomic E-state index is -0.118.